The summed E-state index contributed by atoms with van der Waals surface area (Å²) < 4.78 is 6.58. The first-order valence-electron chi connectivity index (χ1n) is 10.2. The second-order valence-electron chi connectivity index (χ2n) is 8.77. The molecule has 2 unspecified atom stereocenters. The Morgan fingerprint density at radius 1 is 1.22 bits per heavy atom. The minimum Gasteiger partial charge on any atom is -0.485 e. The smallest absolute Gasteiger partial charge is 0.226 e. The van der Waals surface area contributed by atoms with Crippen molar-refractivity contribution >= 4 is 11.8 Å². The minimum atomic E-state index is -0.339. The molecule has 146 valence electrons. The van der Waals surface area contributed by atoms with Gasteiger partial charge in [-0.25, -0.2) is 0 Å². The molecule has 1 aliphatic heterocycles. The van der Waals surface area contributed by atoms with Crippen LogP contribution >= 0.6 is 0 Å². The number of hydrogen-bond donors (Lipinski definition) is 0. The number of fused-ring (bicyclic) bond motifs is 1. The molecular formula is C22H30N2O3. The molecule has 5 nitrogen and oxygen atoms in total. The van der Waals surface area contributed by atoms with Crippen LogP contribution in [0.4, 0.5) is 0 Å². The number of para-hydroxylation sites is 1. The summed E-state index contributed by atoms with van der Waals surface area (Å²) in [5.74, 6) is 2.00. The highest BCUT2D eigenvalue weighted by atomic mass is 16.5. The Balaban J connectivity index is 1.57. The number of hydrogen-bond acceptors (Lipinski definition) is 3. The standard InChI is InChI=1S/C22H30N2O3/c1-15-12-19(15)21(26)24-13-17-6-4-5-7-20(17)27-22(14-24)10-8-18(9-11-22)23(3)16(2)25/h4-7,15,18-19H,8-14H2,1-3H3. The van der Waals surface area contributed by atoms with Crippen LogP contribution in [0.15, 0.2) is 24.3 Å². The molecule has 1 spiro atoms. The van der Waals surface area contributed by atoms with Crippen LogP contribution in [0.2, 0.25) is 0 Å². The molecule has 0 N–H and O–H groups in total. The van der Waals surface area contributed by atoms with E-state index in [9.17, 15) is 9.59 Å². The molecule has 1 heterocycles. The predicted molar refractivity (Wildman–Crippen MR) is 103 cm³/mol. The Bertz CT molecular complexity index is 739. The summed E-state index contributed by atoms with van der Waals surface area (Å²) in [5.41, 5.74) is 0.758. The fourth-order valence-corrected chi connectivity index (χ4v) is 4.70. The first kappa shape index (κ1) is 18.3. The fraction of sp³-hybridized carbons (Fsp3) is 0.636. The van der Waals surface area contributed by atoms with Gasteiger partial charge in [-0.3, -0.25) is 9.59 Å². The first-order chi connectivity index (χ1) is 12.9. The molecule has 2 saturated carbocycles. The summed E-state index contributed by atoms with van der Waals surface area (Å²) >= 11 is 0. The van der Waals surface area contributed by atoms with Gasteiger partial charge in [-0.05, 0) is 44.1 Å². The maximum atomic E-state index is 13.0. The van der Waals surface area contributed by atoms with Gasteiger partial charge in [0.05, 0.1) is 6.54 Å². The number of nitrogens with zero attached hydrogens (tertiary/aromatic N) is 2. The summed E-state index contributed by atoms with van der Waals surface area (Å²) in [4.78, 5) is 28.7. The highest BCUT2D eigenvalue weighted by Gasteiger charge is 2.47. The molecule has 0 bridgehead atoms. The van der Waals surface area contributed by atoms with Crippen molar-refractivity contribution in [3.8, 4) is 5.75 Å². The summed E-state index contributed by atoms with van der Waals surface area (Å²) in [6, 6.07) is 8.38. The second kappa shape index (κ2) is 6.84. The van der Waals surface area contributed by atoms with Gasteiger partial charge in [0.25, 0.3) is 0 Å². The van der Waals surface area contributed by atoms with E-state index in [0.717, 1.165) is 43.4 Å². The lowest BCUT2D eigenvalue weighted by atomic mass is 9.81. The molecule has 0 saturated heterocycles. The van der Waals surface area contributed by atoms with Gasteiger partial charge in [-0.2, -0.15) is 0 Å². The topological polar surface area (TPSA) is 49.9 Å². The van der Waals surface area contributed by atoms with Gasteiger partial charge in [0, 0.05) is 38.0 Å². The molecule has 27 heavy (non-hydrogen) atoms. The third-order valence-corrected chi connectivity index (χ3v) is 6.79. The van der Waals surface area contributed by atoms with Crippen LogP contribution in [0, 0.1) is 11.8 Å². The summed E-state index contributed by atoms with van der Waals surface area (Å²) in [6.07, 6.45) is 4.58. The normalized spacial score (nSPS) is 32.3. The monoisotopic (exact) mass is 370 g/mol. The van der Waals surface area contributed by atoms with Crippen LogP contribution in [-0.4, -0.2) is 46.8 Å². The van der Waals surface area contributed by atoms with Crippen molar-refractivity contribution in [1.29, 1.82) is 0 Å². The molecule has 1 aromatic carbocycles. The maximum absolute atomic E-state index is 13.0. The van der Waals surface area contributed by atoms with Gasteiger partial charge in [0.15, 0.2) is 0 Å². The van der Waals surface area contributed by atoms with Crippen molar-refractivity contribution in [3.05, 3.63) is 29.8 Å². The molecule has 3 aliphatic rings. The number of rotatable bonds is 2. The Labute approximate surface area is 161 Å². The lowest BCUT2D eigenvalue weighted by molar-refractivity contribution is -0.137. The molecule has 2 amide bonds. The Morgan fingerprint density at radius 3 is 2.52 bits per heavy atom. The lowest BCUT2D eigenvalue weighted by Gasteiger charge is -2.43. The van der Waals surface area contributed by atoms with E-state index in [1.54, 1.807) is 6.92 Å². The number of ether oxygens (including phenoxy) is 1. The quantitative estimate of drug-likeness (QED) is 0.803. The van der Waals surface area contributed by atoms with Crippen LogP contribution in [-0.2, 0) is 16.1 Å². The summed E-state index contributed by atoms with van der Waals surface area (Å²) in [6.45, 7) is 5.07. The van der Waals surface area contributed by atoms with Crippen molar-refractivity contribution in [2.45, 2.75) is 64.1 Å². The SMILES string of the molecule is CC(=O)N(C)C1CCC2(CC1)CN(C(=O)C1CC1C)Cc1ccccc1O2. The van der Waals surface area contributed by atoms with Gasteiger partial charge in [0.1, 0.15) is 11.4 Å². The highest BCUT2D eigenvalue weighted by molar-refractivity contribution is 5.82. The van der Waals surface area contributed by atoms with Crippen molar-refractivity contribution < 1.29 is 14.3 Å². The summed E-state index contributed by atoms with van der Waals surface area (Å²) in [7, 11) is 1.89. The average molecular weight is 370 g/mol. The second-order valence-corrected chi connectivity index (χ2v) is 8.77. The third kappa shape index (κ3) is 3.56. The van der Waals surface area contributed by atoms with Crippen molar-refractivity contribution in [3.63, 3.8) is 0 Å². The van der Waals surface area contributed by atoms with Gasteiger partial charge < -0.3 is 14.5 Å². The number of amides is 2. The first-order valence-corrected chi connectivity index (χ1v) is 10.2. The Hall–Kier alpha value is -2.04. The van der Waals surface area contributed by atoms with Gasteiger partial charge >= 0.3 is 0 Å². The Kier molecular flexibility index (Phi) is 4.65. The maximum Gasteiger partial charge on any atom is 0.226 e. The van der Waals surface area contributed by atoms with E-state index in [-0.39, 0.29) is 29.4 Å². The minimum absolute atomic E-state index is 0.114. The van der Waals surface area contributed by atoms with Crippen LogP contribution in [0.25, 0.3) is 0 Å². The number of carbonyl (C=O) groups is 2. The van der Waals surface area contributed by atoms with Gasteiger partial charge in [-0.1, -0.05) is 25.1 Å². The molecule has 0 aromatic heterocycles. The molecule has 2 fully saturated rings. The highest BCUT2D eigenvalue weighted by Crippen LogP contribution is 2.43. The van der Waals surface area contributed by atoms with E-state index in [1.165, 1.54) is 0 Å². The van der Waals surface area contributed by atoms with E-state index in [0.29, 0.717) is 19.0 Å². The zero-order valence-corrected chi connectivity index (χ0v) is 16.6. The van der Waals surface area contributed by atoms with Crippen LogP contribution < -0.4 is 4.74 Å². The molecule has 4 rings (SSSR count). The van der Waals surface area contributed by atoms with Crippen LogP contribution in [0.1, 0.15) is 51.5 Å². The van der Waals surface area contributed by atoms with E-state index in [1.807, 2.05) is 35.0 Å². The van der Waals surface area contributed by atoms with Crippen LogP contribution in [0.3, 0.4) is 0 Å². The third-order valence-electron chi connectivity index (χ3n) is 6.79. The van der Waals surface area contributed by atoms with E-state index < -0.39 is 0 Å². The largest absolute Gasteiger partial charge is 0.485 e. The lowest BCUT2D eigenvalue weighted by Crippen LogP contribution is -2.52. The van der Waals surface area contributed by atoms with Crippen molar-refractivity contribution in [2.75, 3.05) is 13.6 Å². The Morgan fingerprint density at radius 2 is 1.89 bits per heavy atom. The zero-order valence-electron chi connectivity index (χ0n) is 16.6. The van der Waals surface area contributed by atoms with E-state index >= 15 is 0 Å². The van der Waals surface area contributed by atoms with E-state index in [2.05, 4.69) is 13.0 Å². The molecule has 0 radical (unpaired) electrons. The molecule has 2 atom stereocenters. The molecule has 2 aliphatic carbocycles. The predicted octanol–water partition coefficient (Wildman–Crippen LogP) is 3.22. The van der Waals surface area contributed by atoms with Gasteiger partial charge in [0.2, 0.25) is 11.8 Å². The average Bonchev–Trinajstić information content (AvgIpc) is 3.41. The molecular weight excluding hydrogens is 340 g/mol. The van der Waals surface area contributed by atoms with Crippen LogP contribution in [0.5, 0.6) is 5.75 Å². The van der Waals surface area contributed by atoms with Gasteiger partial charge in [-0.15, -0.1) is 0 Å². The summed E-state index contributed by atoms with van der Waals surface area (Å²) in [5, 5.41) is 0. The number of benzene rings is 1. The number of carbonyl (C=O) groups excluding carboxylic acids is 2. The van der Waals surface area contributed by atoms with Crippen molar-refractivity contribution in [1.82, 2.24) is 9.80 Å². The fourth-order valence-electron chi connectivity index (χ4n) is 4.70. The molecule has 1 aromatic rings. The van der Waals surface area contributed by atoms with E-state index in [4.69, 9.17) is 4.74 Å². The molecule has 5 heteroatoms. The zero-order chi connectivity index (χ0) is 19.2. The van der Waals surface area contributed by atoms with Crippen molar-refractivity contribution in [2.24, 2.45) is 11.8 Å².